The number of nitrogens with zero attached hydrogens (tertiary/aromatic N) is 2. The van der Waals surface area contributed by atoms with Gasteiger partial charge in [-0.25, -0.2) is 9.18 Å². The highest BCUT2D eigenvalue weighted by Gasteiger charge is 2.23. The molecule has 39 heavy (non-hydrogen) atoms. The second kappa shape index (κ2) is 9.69. The summed E-state index contributed by atoms with van der Waals surface area (Å²) in [5.41, 5.74) is 2.57. The molecule has 0 aliphatic heterocycles. The lowest BCUT2D eigenvalue weighted by Crippen LogP contribution is -2.24. The Balaban J connectivity index is 1.61. The highest BCUT2D eigenvalue weighted by Crippen LogP contribution is 2.33. The third-order valence-electron chi connectivity index (χ3n) is 6.48. The first-order valence-corrected chi connectivity index (χ1v) is 12.7. The highest BCUT2D eigenvalue weighted by molar-refractivity contribution is 5.96. The maximum atomic E-state index is 14.8. The number of benzene rings is 3. The molecule has 0 aliphatic rings. The zero-order valence-corrected chi connectivity index (χ0v) is 22.8. The number of carbonyl (C=O) groups excluding carboxylic acids is 1. The fourth-order valence-electron chi connectivity index (χ4n) is 4.70. The van der Waals surface area contributed by atoms with E-state index in [0.29, 0.717) is 28.1 Å². The molecule has 5 aromatic rings. The lowest BCUT2D eigenvalue weighted by atomic mass is 10.00. The van der Waals surface area contributed by atoms with Crippen LogP contribution in [-0.2, 0) is 11.8 Å². The van der Waals surface area contributed by atoms with E-state index >= 15 is 0 Å². The van der Waals surface area contributed by atoms with Crippen molar-refractivity contribution in [3.63, 3.8) is 0 Å². The van der Waals surface area contributed by atoms with Crippen LogP contribution >= 0.6 is 0 Å². The number of ether oxygens (including phenoxy) is 1. The maximum absolute atomic E-state index is 14.8. The Labute approximate surface area is 225 Å². The molecule has 0 saturated carbocycles. The van der Waals surface area contributed by atoms with Crippen molar-refractivity contribution < 1.29 is 18.3 Å². The first kappa shape index (κ1) is 26.2. The van der Waals surface area contributed by atoms with Crippen molar-refractivity contribution in [1.82, 2.24) is 9.78 Å². The largest absolute Gasteiger partial charge is 0.456 e. The second-order valence-corrected chi connectivity index (χ2v) is 10.7. The van der Waals surface area contributed by atoms with Gasteiger partial charge < -0.3 is 14.5 Å². The van der Waals surface area contributed by atoms with E-state index in [9.17, 15) is 14.0 Å². The van der Waals surface area contributed by atoms with Crippen LogP contribution in [0.25, 0.3) is 33.2 Å². The monoisotopic (exact) mass is 527 g/mol. The van der Waals surface area contributed by atoms with E-state index in [2.05, 4.69) is 10.4 Å². The van der Waals surface area contributed by atoms with Gasteiger partial charge in [0.1, 0.15) is 22.8 Å². The molecule has 200 valence electrons. The average molecular weight is 528 g/mol. The van der Waals surface area contributed by atoms with Gasteiger partial charge in [-0.15, -0.1) is 0 Å². The molecule has 1 unspecified atom stereocenters. The Morgan fingerprint density at radius 2 is 1.87 bits per heavy atom. The molecule has 2 heterocycles. The van der Waals surface area contributed by atoms with Crippen molar-refractivity contribution in [1.29, 1.82) is 0 Å². The number of hydrogen-bond donors (Lipinski definition) is 1. The van der Waals surface area contributed by atoms with E-state index in [0.717, 1.165) is 16.5 Å². The molecule has 1 atom stereocenters. The minimum atomic E-state index is -0.662. The van der Waals surface area contributed by atoms with Crippen LogP contribution in [0.15, 0.2) is 70.0 Å². The number of aryl methyl sites for hydroxylation is 1. The Morgan fingerprint density at radius 3 is 2.62 bits per heavy atom. The summed E-state index contributed by atoms with van der Waals surface area (Å²) in [4.78, 5) is 26.3. The van der Waals surface area contributed by atoms with Crippen LogP contribution < -0.4 is 10.7 Å². The maximum Gasteiger partial charge on any atom is 0.340 e. The van der Waals surface area contributed by atoms with Gasteiger partial charge in [-0.2, -0.15) is 5.10 Å². The highest BCUT2D eigenvalue weighted by atomic mass is 19.1. The number of hydrogen-bond acceptors (Lipinski definition) is 6. The van der Waals surface area contributed by atoms with Crippen LogP contribution in [0.3, 0.4) is 0 Å². The van der Waals surface area contributed by atoms with Gasteiger partial charge >= 0.3 is 5.97 Å². The molecule has 0 saturated heterocycles. The third-order valence-corrected chi connectivity index (χ3v) is 6.48. The summed E-state index contributed by atoms with van der Waals surface area (Å²) in [6.45, 7) is 8.90. The van der Waals surface area contributed by atoms with Gasteiger partial charge in [0.05, 0.1) is 22.5 Å². The number of rotatable bonds is 5. The summed E-state index contributed by atoms with van der Waals surface area (Å²) in [6, 6.07) is 14.6. The molecule has 8 heteroatoms. The molecule has 1 N–H and O–H groups in total. The van der Waals surface area contributed by atoms with Gasteiger partial charge in [0, 0.05) is 41.0 Å². The minimum absolute atomic E-state index is 0.155. The normalized spacial score (nSPS) is 12.6. The molecular weight excluding hydrogens is 497 g/mol. The summed E-state index contributed by atoms with van der Waals surface area (Å²) in [5.74, 6) is -0.618. The third kappa shape index (κ3) is 5.14. The molecule has 0 aliphatic carbocycles. The lowest BCUT2D eigenvalue weighted by molar-refractivity contribution is 0.00706. The van der Waals surface area contributed by atoms with E-state index in [1.807, 2.05) is 38.4 Å². The molecule has 2 aromatic heterocycles. The molecular formula is C31H30FN3O4. The zero-order valence-electron chi connectivity index (χ0n) is 22.8. The van der Waals surface area contributed by atoms with Crippen molar-refractivity contribution in [2.75, 3.05) is 5.32 Å². The second-order valence-electron chi connectivity index (χ2n) is 10.7. The summed E-state index contributed by atoms with van der Waals surface area (Å²) in [5, 5.41) is 8.76. The summed E-state index contributed by atoms with van der Waals surface area (Å²) in [7, 11) is 1.84. The Morgan fingerprint density at radius 1 is 1.13 bits per heavy atom. The van der Waals surface area contributed by atoms with Crippen LogP contribution in [0, 0.1) is 12.7 Å². The quantitative estimate of drug-likeness (QED) is 0.250. The Kier molecular flexibility index (Phi) is 6.50. The van der Waals surface area contributed by atoms with Crippen LogP contribution in [0.1, 0.15) is 55.2 Å². The zero-order chi connectivity index (χ0) is 28.1. The molecule has 0 bridgehead atoms. The molecule has 0 fully saturated rings. The fraction of sp³-hybridized carbons (Fsp3) is 0.258. The molecule has 7 nitrogen and oxygen atoms in total. The van der Waals surface area contributed by atoms with E-state index in [1.54, 1.807) is 56.6 Å². The number of fused-ring (bicyclic) bond motifs is 2. The van der Waals surface area contributed by atoms with Gasteiger partial charge in [0.25, 0.3) is 0 Å². The number of halogens is 1. The van der Waals surface area contributed by atoms with Gasteiger partial charge in [-0.05, 0) is 77.1 Å². The van der Waals surface area contributed by atoms with Gasteiger partial charge in [0.15, 0.2) is 5.43 Å². The molecule has 5 rings (SSSR count). The van der Waals surface area contributed by atoms with Crippen molar-refractivity contribution in [2.24, 2.45) is 7.05 Å². The summed E-state index contributed by atoms with van der Waals surface area (Å²) < 4.78 is 28.5. The van der Waals surface area contributed by atoms with E-state index in [-0.39, 0.29) is 16.4 Å². The number of aromatic nitrogens is 2. The number of para-hydroxylation sites is 1. The number of nitrogens with one attached hydrogen (secondary N) is 1. The van der Waals surface area contributed by atoms with Crippen molar-refractivity contribution in [3.8, 4) is 11.3 Å². The lowest BCUT2D eigenvalue weighted by Gasteiger charge is -2.22. The van der Waals surface area contributed by atoms with E-state index < -0.39 is 23.4 Å². The van der Waals surface area contributed by atoms with Crippen molar-refractivity contribution in [2.45, 2.75) is 46.3 Å². The Bertz CT molecular complexity index is 1800. The fourth-order valence-corrected chi connectivity index (χ4v) is 4.70. The van der Waals surface area contributed by atoms with Crippen LogP contribution in [-0.4, -0.2) is 21.4 Å². The Hall–Kier alpha value is -4.46. The molecule has 3 aromatic carbocycles. The van der Waals surface area contributed by atoms with Gasteiger partial charge in [-0.1, -0.05) is 12.1 Å². The standard InChI is InChI=1S/C31H30FN3O4/c1-17-27(36)24-15-21(32)14-23(18(2)33-26-10-8-7-9-22(26)30(37)39-31(3,4)5)29(24)38-28(17)19-11-12-25-20(13-19)16-35(6)34-25/h7-16,18,33H,1-6H3. The molecule has 0 amide bonds. The first-order valence-electron chi connectivity index (χ1n) is 12.7. The van der Waals surface area contributed by atoms with Crippen molar-refractivity contribution >= 4 is 33.5 Å². The molecule has 0 spiro atoms. The minimum Gasteiger partial charge on any atom is -0.456 e. The van der Waals surface area contributed by atoms with E-state index in [4.69, 9.17) is 9.15 Å². The van der Waals surface area contributed by atoms with E-state index in [1.165, 1.54) is 12.1 Å². The number of carbonyl (C=O) groups is 1. The predicted octanol–water partition coefficient (Wildman–Crippen LogP) is 6.92. The van der Waals surface area contributed by atoms with Gasteiger partial charge in [-0.3, -0.25) is 9.48 Å². The summed E-state index contributed by atoms with van der Waals surface area (Å²) in [6.07, 6.45) is 1.89. The number of anilines is 1. The van der Waals surface area contributed by atoms with Gasteiger partial charge in [0.2, 0.25) is 0 Å². The molecule has 0 radical (unpaired) electrons. The average Bonchev–Trinajstić information content (AvgIpc) is 3.24. The van der Waals surface area contributed by atoms with Crippen LogP contribution in [0.4, 0.5) is 10.1 Å². The first-order chi connectivity index (χ1) is 18.4. The van der Waals surface area contributed by atoms with Crippen LogP contribution in [0.5, 0.6) is 0 Å². The predicted molar refractivity (Wildman–Crippen MR) is 151 cm³/mol. The topological polar surface area (TPSA) is 86.4 Å². The van der Waals surface area contributed by atoms with Crippen molar-refractivity contribution in [3.05, 3.63) is 93.5 Å². The smallest absolute Gasteiger partial charge is 0.340 e. The van der Waals surface area contributed by atoms with Crippen LogP contribution in [0.2, 0.25) is 0 Å². The summed E-state index contributed by atoms with van der Waals surface area (Å²) >= 11 is 0. The number of esters is 1. The SMILES string of the molecule is Cc1c(-c2ccc3nn(C)cc3c2)oc2c(C(C)Nc3ccccc3C(=O)OC(C)(C)C)cc(F)cc2c1=O.